The van der Waals surface area contributed by atoms with E-state index in [-0.39, 0.29) is 5.82 Å². The van der Waals surface area contributed by atoms with Gasteiger partial charge in [0, 0.05) is 22.0 Å². The molecule has 2 rings (SSSR count). The number of nitrogens with one attached hydrogen (secondary N) is 1. The van der Waals surface area contributed by atoms with Gasteiger partial charge < -0.3 is 10.1 Å². The van der Waals surface area contributed by atoms with E-state index in [4.69, 9.17) is 4.74 Å². The molecule has 0 radical (unpaired) electrons. The van der Waals surface area contributed by atoms with E-state index in [2.05, 4.69) is 37.2 Å². The molecule has 2 nitrogen and oxygen atoms in total. The predicted octanol–water partition coefficient (Wildman–Crippen LogP) is 4.52. The Bertz CT molecular complexity index is 560. The molecule has 2 aromatic carbocycles. The second-order valence-electron chi connectivity index (χ2n) is 4.21. The second-order valence-corrected chi connectivity index (χ2v) is 5.98. The van der Waals surface area contributed by atoms with E-state index < -0.39 is 0 Å². The SMILES string of the molecule is Fc1ccc(Br)c(CNCCOc2ccc(Br)cc2)c1. The zero-order valence-corrected chi connectivity index (χ0v) is 13.9. The molecule has 1 N–H and O–H groups in total. The first kappa shape index (κ1) is 15.5. The van der Waals surface area contributed by atoms with Crippen molar-refractivity contribution in [3.8, 4) is 5.75 Å². The summed E-state index contributed by atoms with van der Waals surface area (Å²) in [7, 11) is 0. The van der Waals surface area contributed by atoms with Crippen LogP contribution in [-0.2, 0) is 6.54 Å². The van der Waals surface area contributed by atoms with Gasteiger partial charge in [0.1, 0.15) is 18.2 Å². The van der Waals surface area contributed by atoms with Crippen molar-refractivity contribution in [1.29, 1.82) is 0 Å². The van der Waals surface area contributed by atoms with Crippen molar-refractivity contribution >= 4 is 31.9 Å². The molecule has 20 heavy (non-hydrogen) atoms. The van der Waals surface area contributed by atoms with Crippen LogP contribution >= 0.6 is 31.9 Å². The molecule has 0 saturated carbocycles. The van der Waals surface area contributed by atoms with Gasteiger partial charge in [-0.1, -0.05) is 31.9 Å². The van der Waals surface area contributed by atoms with Crippen molar-refractivity contribution < 1.29 is 9.13 Å². The Kier molecular flexibility index (Phi) is 6.01. The van der Waals surface area contributed by atoms with Crippen LogP contribution in [0.25, 0.3) is 0 Å². The second kappa shape index (κ2) is 7.76. The summed E-state index contributed by atoms with van der Waals surface area (Å²) in [5, 5.41) is 3.22. The lowest BCUT2D eigenvalue weighted by molar-refractivity contribution is 0.313. The molecule has 106 valence electrons. The van der Waals surface area contributed by atoms with Crippen molar-refractivity contribution in [2.24, 2.45) is 0 Å². The number of halogens is 3. The molecule has 0 spiro atoms. The summed E-state index contributed by atoms with van der Waals surface area (Å²) in [5.41, 5.74) is 0.897. The Morgan fingerprint density at radius 2 is 1.80 bits per heavy atom. The van der Waals surface area contributed by atoms with Gasteiger partial charge in [-0.2, -0.15) is 0 Å². The molecule has 0 aliphatic carbocycles. The summed E-state index contributed by atoms with van der Waals surface area (Å²) in [4.78, 5) is 0. The van der Waals surface area contributed by atoms with Crippen LogP contribution in [0.1, 0.15) is 5.56 Å². The van der Waals surface area contributed by atoms with Crippen LogP contribution < -0.4 is 10.1 Å². The predicted molar refractivity (Wildman–Crippen MR) is 85.4 cm³/mol. The molecule has 0 bridgehead atoms. The van der Waals surface area contributed by atoms with Gasteiger partial charge in [-0.15, -0.1) is 0 Å². The van der Waals surface area contributed by atoms with E-state index in [1.54, 1.807) is 6.07 Å². The fourth-order valence-corrected chi connectivity index (χ4v) is 2.32. The molecule has 2 aromatic rings. The molecular weight excluding hydrogens is 389 g/mol. The fraction of sp³-hybridized carbons (Fsp3) is 0.200. The monoisotopic (exact) mass is 401 g/mol. The number of ether oxygens (including phenoxy) is 1. The minimum Gasteiger partial charge on any atom is -0.492 e. The lowest BCUT2D eigenvalue weighted by atomic mass is 10.2. The Hall–Kier alpha value is -0.910. The highest BCUT2D eigenvalue weighted by atomic mass is 79.9. The van der Waals surface area contributed by atoms with Crippen LogP contribution in [-0.4, -0.2) is 13.2 Å². The summed E-state index contributed by atoms with van der Waals surface area (Å²) in [6, 6.07) is 12.4. The van der Waals surface area contributed by atoms with Gasteiger partial charge in [0.05, 0.1) is 0 Å². The van der Waals surface area contributed by atoms with Crippen LogP contribution in [0.15, 0.2) is 51.4 Å². The van der Waals surface area contributed by atoms with Crippen molar-refractivity contribution in [2.75, 3.05) is 13.2 Å². The summed E-state index contributed by atoms with van der Waals surface area (Å²) >= 11 is 6.77. The highest BCUT2D eigenvalue weighted by Gasteiger charge is 2.01. The molecule has 0 heterocycles. The summed E-state index contributed by atoms with van der Waals surface area (Å²) < 4.78 is 20.6. The first-order valence-electron chi connectivity index (χ1n) is 6.18. The molecule has 0 aliphatic rings. The lowest BCUT2D eigenvalue weighted by Crippen LogP contribution is -2.20. The maximum atomic E-state index is 13.1. The van der Waals surface area contributed by atoms with Crippen molar-refractivity contribution in [3.63, 3.8) is 0 Å². The topological polar surface area (TPSA) is 21.3 Å². The Morgan fingerprint density at radius 3 is 2.55 bits per heavy atom. The summed E-state index contributed by atoms with van der Waals surface area (Å²) in [5.74, 6) is 0.609. The van der Waals surface area contributed by atoms with Gasteiger partial charge in [0.2, 0.25) is 0 Å². The minimum atomic E-state index is -0.226. The molecule has 0 atom stereocenters. The van der Waals surface area contributed by atoms with E-state index in [0.717, 1.165) is 20.3 Å². The average Bonchev–Trinajstić information content (AvgIpc) is 2.44. The first-order valence-corrected chi connectivity index (χ1v) is 7.77. The summed E-state index contributed by atoms with van der Waals surface area (Å²) in [6.45, 7) is 1.86. The zero-order valence-electron chi connectivity index (χ0n) is 10.7. The number of hydrogen-bond acceptors (Lipinski definition) is 2. The average molecular weight is 403 g/mol. The summed E-state index contributed by atoms with van der Waals surface area (Å²) in [6.07, 6.45) is 0. The quantitative estimate of drug-likeness (QED) is 0.717. The standard InChI is InChI=1S/C15H14Br2FNO/c16-12-1-4-14(5-2-12)20-8-7-19-10-11-9-13(18)3-6-15(11)17/h1-6,9,19H,7-8,10H2. The maximum absolute atomic E-state index is 13.1. The Morgan fingerprint density at radius 1 is 1.05 bits per heavy atom. The van der Waals surface area contributed by atoms with Gasteiger partial charge >= 0.3 is 0 Å². The molecule has 0 aromatic heterocycles. The molecule has 0 saturated heterocycles. The van der Waals surface area contributed by atoms with Gasteiger partial charge in [-0.25, -0.2) is 4.39 Å². The van der Waals surface area contributed by atoms with Crippen LogP contribution in [0, 0.1) is 5.82 Å². The first-order chi connectivity index (χ1) is 9.65. The van der Waals surface area contributed by atoms with Crippen molar-refractivity contribution in [3.05, 3.63) is 62.8 Å². The third-order valence-corrected chi connectivity index (χ3v) is 3.99. The molecule has 0 amide bonds. The number of rotatable bonds is 6. The van der Waals surface area contributed by atoms with Crippen molar-refractivity contribution in [1.82, 2.24) is 5.32 Å². The number of hydrogen-bond donors (Lipinski definition) is 1. The molecular formula is C15H14Br2FNO. The van der Waals surface area contributed by atoms with Crippen LogP contribution in [0.4, 0.5) is 4.39 Å². The van der Waals surface area contributed by atoms with Gasteiger partial charge in [0.25, 0.3) is 0 Å². The van der Waals surface area contributed by atoms with E-state index in [1.165, 1.54) is 12.1 Å². The van der Waals surface area contributed by atoms with E-state index in [1.807, 2.05) is 24.3 Å². The largest absolute Gasteiger partial charge is 0.492 e. The zero-order chi connectivity index (χ0) is 14.4. The van der Waals surface area contributed by atoms with Gasteiger partial charge in [-0.05, 0) is 48.0 Å². The Balaban J connectivity index is 1.71. The van der Waals surface area contributed by atoms with Crippen molar-refractivity contribution in [2.45, 2.75) is 6.54 Å². The molecule has 0 fully saturated rings. The highest BCUT2D eigenvalue weighted by Crippen LogP contribution is 2.18. The number of benzene rings is 2. The maximum Gasteiger partial charge on any atom is 0.123 e. The van der Waals surface area contributed by atoms with E-state index >= 15 is 0 Å². The minimum absolute atomic E-state index is 0.226. The van der Waals surface area contributed by atoms with E-state index in [9.17, 15) is 4.39 Å². The van der Waals surface area contributed by atoms with Crippen LogP contribution in [0.2, 0.25) is 0 Å². The Labute approximate surface area is 134 Å². The van der Waals surface area contributed by atoms with Gasteiger partial charge in [0.15, 0.2) is 0 Å². The lowest BCUT2D eigenvalue weighted by Gasteiger charge is -2.09. The van der Waals surface area contributed by atoms with Gasteiger partial charge in [-0.3, -0.25) is 0 Å². The fourth-order valence-electron chi connectivity index (χ4n) is 1.67. The third kappa shape index (κ3) is 4.89. The van der Waals surface area contributed by atoms with Crippen LogP contribution in [0.3, 0.4) is 0 Å². The van der Waals surface area contributed by atoms with Crippen LogP contribution in [0.5, 0.6) is 5.75 Å². The normalized spacial score (nSPS) is 10.6. The third-order valence-electron chi connectivity index (χ3n) is 2.68. The molecule has 0 unspecified atom stereocenters. The van der Waals surface area contributed by atoms with E-state index in [0.29, 0.717) is 19.7 Å². The smallest absolute Gasteiger partial charge is 0.123 e. The molecule has 5 heteroatoms. The highest BCUT2D eigenvalue weighted by molar-refractivity contribution is 9.10. The molecule has 0 aliphatic heterocycles.